The lowest BCUT2D eigenvalue weighted by Gasteiger charge is -2.41. The number of carbonyl (C=O) groups is 2. The highest BCUT2D eigenvalue weighted by molar-refractivity contribution is 7.15. The van der Waals surface area contributed by atoms with Crippen molar-refractivity contribution in [1.29, 1.82) is 0 Å². The molecule has 106 valence electrons. The van der Waals surface area contributed by atoms with Crippen molar-refractivity contribution in [2.75, 3.05) is 13.1 Å². The topological polar surface area (TPSA) is 74.9 Å². The van der Waals surface area contributed by atoms with E-state index < -0.39 is 11.9 Å². The van der Waals surface area contributed by atoms with Gasteiger partial charge in [0.05, 0.1) is 18.0 Å². The zero-order chi connectivity index (χ0) is 14.3. The van der Waals surface area contributed by atoms with Gasteiger partial charge in [-0.1, -0.05) is 6.92 Å². The Morgan fingerprint density at radius 3 is 2.95 bits per heavy atom. The van der Waals surface area contributed by atoms with E-state index in [0.29, 0.717) is 13.1 Å². The zero-order valence-electron chi connectivity index (χ0n) is 11.0. The molecule has 1 unspecified atom stereocenters. The number of rotatable bonds is 4. The van der Waals surface area contributed by atoms with Gasteiger partial charge in [0.25, 0.3) is 0 Å². The molecule has 6 nitrogen and oxygen atoms in total. The van der Waals surface area contributed by atoms with Crippen LogP contribution in [0.25, 0.3) is 4.96 Å². The molecule has 2 aromatic rings. The number of nitrogens with zero attached hydrogens (tertiary/aromatic N) is 3. The number of carbonyl (C=O) groups excluding carboxylic acids is 1. The van der Waals surface area contributed by atoms with E-state index in [0.717, 1.165) is 10.7 Å². The molecule has 3 heterocycles. The summed E-state index contributed by atoms with van der Waals surface area (Å²) in [5.41, 5.74) is 0.761. The SMILES string of the molecule is CC(C(=O)O)C1CN(C(=O)Cc2cn3ccsc3n2)C1. The summed E-state index contributed by atoms with van der Waals surface area (Å²) in [4.78, 5) is 29.9. The third kappa shape index (κ3) is 2.29. The van der Waals surface area contributed by atoms with Gasteiger partial charge in [0, 0.05) is 36.8 Å². The van der Waals surface area contributed by atoms with Gasteiger partial charge in [-0.05, 0) is 0 Å². The molecule has 1 N–H and O–H groups in total. The second-order valence-electron chi connectivity index (χ2n) is 5.19. The minimum atomic E-state index is -0.795. The fraction of sp³-hybridized carbons (Fsp3) is 0.462. The van der Waals surface area contributed by atoms with Crippen LogP contribution in [0.4, 0.5) is 0 Å². The maximum atomic E-state index is 12.1. The maximum Gasteiger partial charge on any atom is 0.306 e. The van der Waals surface area contributed by atoms with Crippen LogP contribution in [-0.4, -0.2) is 44.4 Å². The van der Waals surface area contributed by atoms with Gasteiger partial charge in [0.15, 0.2) is 4.96 Å². The molecule has 1 amide bonds. The molecule has 1 aliphatic rings. The van der Waals surface area contributed by atoms with Gasteiger partial charge in [0.1, 0.15) is 0 Å². The van der Waals surface area contributed by atoms with Crippen molar-refractivity contribution in [3.63, 3.8) is 0 Å². The number of fused-ring (bicyclic) bond motifs is 1. The Labute approximate surface area is 119 Å². The Bertz CT molecular complexity index is 628. The van der Waals surface area contributed by atoms with Crippen LogP contribution in [0.2, 0.25) is 0 Å². The highest BCUT2D eigenvalue weighted by atomic mass is 32.1. The summed E-state index contributed by atoms with van der Waals surface area (Å²) in [6.45, 7) is 2.77. The lowest BCUT2D eigenvalue weighted by atomic mass is 9.87. The number of aromatic nitrogens is 2. The minimum Gasteiger partial charge on any atom is -0.481 e. The number of carboxylic acids is 1. The second kappa shape index (κ2) is 4.90. The van der Waals surface area contributed by atoms with Crippen LogP contribution in [0.3, 0.4) is 0 Å². The quantitative estimate of drug-likeness (QED) is 0.916. The lowest BCUT2D eigenvalue weighted by molar-refractivity contribution is -0.150. The molecule has 3 rings (SSSR count). The Hall–Kier alpha value is -1.89. The third-order valence-corrected chi connectivity index (χ3v) is 4.61. The van der Waals surface area contributed by atoms with E-state index >= 15 is 0 Å². The summed E-state index contributed by atoms with van der Waals surface area (Å²) in [5, 5.41) is 10.9. The Balaban J connectivity index is 1.56. The van der Waals surface area contributed by atoms with E-state index in [9.17, 15) is 9.59 Å². The molecular weight excluding hydrogens is 278 g/mol. The minimum absolute atomic E-state index is 0.0181. The first-order valence-corrected chi connectivity index (χ1v) is 7.34. The molecule has 0 aromatic carbocycles. The van der Waals surface area contributed by atoms with Gasteiger partial charge in [0.2, 0.25) is 5.91 Å². The number of likely N-dealkylation sites (tertiary alicyclic amines) is 1. The monoisotopic (exact) mass is 293 g/mol. The maximum absolute atomic E-state index is 12.1. The van der Waals surface area contributed by atoms with Crippen molar-refractivity contribution in [2.24, 2.45) is 11.8 Å². The molecule has 1 atom stereocenters. The van der Waals surface area contributed by atoms with E-state index in [1.807, 2.05) is 22.2 Å². The molecule has 0 spiro atoms. The molecule has 0 radical (unpaired) electrons. The van der Waals surface area contributed by atoms with Crippen LogP contribution in [-0.2, 0) is 16.0 Å². The average molecular weight is 293 g/mol. The second-order valence-corrected chi connectivity index (χ2v) is 6.06. The molecule has 0 aliphatic carbocycles. The van der Waals surface area contributed by atoms with Gasteiger partial charge in [-0.3, -0.25) is 14.0 Å². The van der Waals surface area contributed by atoms with Gasteiger partial charge in [-0.2, -0.15) is 0 Å². The molecular formula is C13H15N3O3S. The van der Waals surface area contributed by atoms with Crippen molar-refractivity contribution < 1.29 is 14.7 Å². The van der Waals surface area contributed by atoms with E-state index in [-0.39, 0.29) is 18.2 Å². The number of carboxylic acid groups (broad SMARTS) is 1. The Morgan fingerprint density at radius 2 is 2.30 bits per heavy atom. The summed E-state index contributed by atoms with van der Waals surface area (Å²) < 4.78 is 1.90. The summed E-state index contributed by atoms with van der Waals surface area (Å²) in [6, 6.07) is 0. The van der Waals surface area contributed by atoms with Crippen LogP contribution >= 0.6 is 11.3 Å². The van der Waals surface area contributed by atoms with Gasteiger partial charge < -0.3 is 10.0 Å². The number of hydrogen-bond donors (Lipinski definition) is 1. The van der Waals surface area contributed by atoms with Crippen molar-refractivity contribution in [3.05, 3.63) is 23.5 Å². The van der Waals surface area contributed by atoms with Crippen molar-refractivity contribution in [1.82, 2.24) is 14.3 Å². The van der Waals surface area contributed by atoms with Crippen molar-refractivity contribution >= 4 is 28.2 Å². The first kappa shape index (κ1) is 13.1. The smallest absolute Gasteiger partial charge is 0.306 e. The van der Waals surface area contributed by atoms with Crippen LogP contribution in [0.1, 0.15) is 12.6 Å². The summed E-state index contributed by atoms with van der Waals surface area (Å²) in [5.74, 6) is -1.10. The molecule has 7 heteroatoms. The highest BCUT2D eigenvalue weighted by Gasteiger charge is 2.37. The van der Waals surface area contributed by atoms with E-state index in [1.54, 1.807) is 11.8 Å². The molecule has 1 fully saturated rings. The first-order chi connectivity index (χ1) is 9.54. The largest absolute Gasteiger partial charge is 0.481 e. The fourth-order valence-corrected chi connectivity index (χ4v) is 3.08. The summed E-state index contributed by atoms with van der Waals surface area (Å²) >= 11 is 1.53. The Morgan fingerprint density at radius 1 is 1.55 bits per heavy atom. The number of imidazole rings is 1. The van der Waals surface area contributed by atoms with Gasteiger partial charge in [-0.25, -0.2) is 4.98 Å². The van der Waals surface area contributed by atoms with Crippen LogP contribution < -0.4 is 0 Å². The standard InChI is InChI=1S/C13H15N3O3S/c1-8(12(18)19)9-5-16(6-9)11(17)4-10-7-15-2-3-20-13(15)14-10/h2-3,7-9H,4-6H2,1H3,(H,18,19). The van der Waals surface area contributed by atoms with Crippen LogP contribution in [0.5, 0.6) is 0 Å². The van der Waals surface area contributed by atoms with E-state index in [4.69, 9.17) is 5.11 Å². The summed E-state index contributed by atoms with van der Waals surface area (Å²) in [7, 11) is 0. The van der Waals surface area contributed by atoms with Crippen LogP contribution in [0, 0.1) is 11.8 Å². The van der Waals surface area contributed by atoms with Gasteiger partial charge >= 0.3 is 5.97 Å². The molecule has 0 saturated carbocycles. The molecule has 1 saturated heterocycles. The average Bonchev–Trinajstić information content (AvgIpc) is 2.86. The predicted molar refractivity (Wildman–Crippen MR) is 73.6 cm³/mol. The van der Waals surface area contributed by atoms with Crippen molar-refractivity contribution in [2.45, 2.75) is 13.3 Å². The van der Waals surface area contributed by atoms with E-state index in [1.165, 1.54) is 11.3 Å². The number of thiazole rings is 1. The number of amides is 1. The molecule has 20 heavy (non-hydrogen) atoms. The van der Waals surface area contributed by atoms with Crippen molar-refractivity contribution in [3.8, 4) is 0 Å². The molecule has 1 aliphatic heterocycles. The Kier molecular flexibility index (Phi) is 3.21. The highest BCUT2D eigenvalue weighted by Crippen LogP contribution is 2.24. The summed E-state index contributed by atoms with van der Waals surface area (Å²) in [6.07, 6.45) is 4.05. The molecule has 0 bridgehead atoms. The van der Waals surface area contributed by atoms with Gasteiger partial charge in [-0.15, -0.1) is 11.3 Å². The predicted octanol–water partition coefficient (Wildman–Crippen LogP) is 1.12. The molecule has 2 aromatic heterocycles. The zero-order valence-corrected chi connectivity index (χ0v) is 11.8. The van der Waals surface area contributed by atoms with Crippen LogP contribution in [0.15, 0.2) is 17.8 Å². The fourth-order valence-electron chi connectivity index (χ4n) is 2.36. The lowest BCUT2D eigenvalue weighted by Crippen LogP contribution is -2.53. The first-order valence-electron chi connectivity index (χ1n) is 6.46. The number of hydrogen-bond acceptors (Lipinski definition) is 4. The third-order valence-electron chi connectivity index (χ3n) is 3.83. The number of aliphatic carboxylic acids is 1. The van der Waals surface area contributed by atoms with E-state index in [2.05, 4.69) is 4.98 Å². The normalized spacial score (nSPS) is 17.1.